The van der Waals surface area contributed by atoms with Crippen molar-refractivity contribution in [3.05, 3.63) is 24.5 Å². The maximum absolute atomic E-state index is 5.44. The van der Waals surface area contributed by atoms with Crippen molar-refractivity contribution in [2.75, 3.05) is 21.3 Å². The smallest absolute Gasteiger partial charge is 0.377 e. The Morgan fingerprint density at radius 3 is 1.57 bits per heavy atom. The average molecular weight is 342 g/mol. The Morgan fingerprint density at radius 1 is 0.652 bits per heavy atom. The Labute approximate surface area is 143 Å². The lowest BCUT2D eigenvalue weighted by Gasteiger charge is -2.24. The first-order valence-electron chi connectivity index (χ1n) is 9.02. The minimum Gasteiger partial charge on any atom is -0.377 e. The van der Waals surface area contributed by atoms with Gasteiger partial charge in [-0.2, -0.15) is 0 Å². The summed E-state index contributed by atoms with van der Waals surface area (Å²) in [7, 11) is 2.74. The van der Waals surface area contributed by atoms with E-state index in [-0.39, 0.29) is 0 Å². The molecular formula is C18H35NO3Si. The maximum Gasteiger partial charge on any atom is 0.500 e. The van der Waals surface area contributed by atoms with Crippen molar-refractivity contribution in [1.29, 1.82) is 0 Å². The van der Waals surface area contributed by atoms with Crippen LogP contribution in [0.2, 0.25) is 6.04 Å². The normalized spacial score (nSPS) is 12.0. The fraction of sp³-hybridized carbons (Fsp3) is 0.778. The van der Waals surface area contributed by atoms with E-state index in [1.807, 2.05) is 0 Å². The Hall–Kier alpha value is -0.623. The van der Waals surface area contributed by atoms with Crippen molar-refractivity contribution in [2.45, 2.75) is 70.4 Å². The predicted octanol–water partition coefficient (Wildman–Crippen LogP) is 4.88. The molecule has 23 heavy (non-hydrogen) atoms. The standard InChI is InChI=1S/C18H35NO3Si/c1-20-23(21-2,22-3)18-14-10-8-6-4-5-7-9-11-15-19-16-12-13-17-19/h12-13,16-17H,4-11,14-15,18H2,1-3H3. The van der Waals surface area contributed by atoms with Crippen LogP contribution in [0.25, 0.3) is 0 Å². The summed E-state index contributed by atoms with van der Waals surface area (Å²) in [5.74, 6) is 0. The van der Waals surface area contributed by atoms with Gasteiger partial charge in [-0.25, -0.2) is 0 Å². The van der Waals surface area contributed by atoms with Gasteiger partial charge in [-0.05, 0) is 25.0 Å². The van der Waals surface area contributed by atoms with Gasteiger partial charge in [0.05, 0.1) is 0 Å². The van der Waals surface area contributed by atoms with Crippen molar-refractivity contribution >= 4 is 8.80 Å². The first-order valence-corrected chi connectivity index (χ1v) is 11.0. The van der Waals surface area contributed by atoms with E-state index in [1.165, 1.54) is 51.4 Å². The number of hydrogen-bond acceptors (Lipinski definition) is 3. The van der Waals surface area contributed by atoms with Gasteiger partial charge >= 0.3 is 8.80 Å². The van der Waals surface area contributed by atoms with Gasteiger partial charge in [0, 0.05) is 46.3 Å². The van der Waals surface area contributed by atoms with E-state index in [0.29, 0.717) is 0 Å². The van der Waals surface area contributed by atoms with Crippen LogP contribution < -0.4 is 0 Å². The highest BCUT2D eigenvalue weighted by molar-refractivity contribution is 6.60. The van der Waals surface area contributed by atoms with Crippen molar-refractivity contribution in [1.82, 2.24) is 4.57 Å². The molecule has 0 amide bonds. The molecule has 0 atom stereocenters. The van der Waals surface area contributed by atoms with E-state index < -0.39 is 8.80 Å². The van der Waals surface area contributed by atoms with E-state index in [1.54, 1.807) is 21.3 Å². The number of hydrogen-bond donors (Lipinski definition) is 0. The molecule has 5 heteroatoms. The monoisotopic (exact) mass is 341 g/mol. The highest BCUT2D eigenvalue weighted by Crippen LogP contribution is 2.18. The van der Waals surface area contributed by atoms with Crippen LogP contribution in [0.15, 0.2) is 24.5 Å². The van der Waals surface area contributed by atoms with Crippen LogP contribution in [0, 0.1) is 0 Å². The van der Waals surface area contributed by atoms with E-state index in [9.17, 15) is 0 Å². The fourth-order valence-corrected chi connectivity index (χ4v) is 4.74. The number of rotatable bonds is 15. The zero-order chi connectivity index (χ0) is 16.8. The molecule has 134 valence electrons. The van der Waals surface area contributed by atoms with Gasteiger partial charge in [0.1, 0.15) is 0 Å². The fourth-order valence-electron chi connectivity index (χ4n) is 2.95. The average Bonchev–Trinajstić information content (AvgIpc) is 3.10. The largest absolute Gasteiger partial charge is 0.500 e. The third-order valence-corrected chi connectivity index (χ3v) is 7.33. The summed E-state index contributed by atoms with van der Waals surface area (Å²) in [6.07, 6.45) is 16.1. The molecule has 1 aromatic rings. The lowest BCUT2D eigenvalue weighted by molar-refractivity contribution is 0.122. The first kappa shape index (κ1) is 20.4. The second-order valence-corrected chi connectivity index (χ2v) is 9.24. The molecule has 1 rings (SSSR count). The second-order valence-electron chi connectivity index (χ2n) is 6.15. The molecule has 0 unspecified atom stereocenters. The molecule has 0 aliphatic rings. The zero-order valence-corrected chi connectivity index (χ0v) is 16.3. The lowest BCUT2D eigenvalue weighted by Crippen LogP contribution is -2.42. The molecule has 1 heterocycles. The molecule has 0 fully saturated rings. The van der Waals surface area contributed by atoms with Gasteiger partial charge in [-0.1, -0.05) is 44.9 Å². The van der Waals surface area contributed by atoms with E-state index in [4.69, 9.17) is 13.3 Å². The van der Waals surface area contributed by atoms with Crippen LogP contribution >= 0.6 is 0 Å². The zero-order valence-electron chi connectivity index (χ0n) is 15.3. The molecule has 0 aromatic carbocycles. The van der Waals surface area contributed by atoms with Crippen LogP contribution in [-0.4, -0.2) is 34.7 Å². The van der Waals surface area contributed by atoms with Gasteiger partial charge in [-0.3, -0.25) is 0 Å². The van der Waals surface area contributed by atoms with Gasteiger partial charge in [0.15, 0.2) is 0 Å². The van der Waals surface area contributed by atoms with Crippen molar-refractivity contribution in [3.63, 3.8) is 0 Å². The van der Waals surface area contributed by atoms with Crippen LogP contribution in [0.3, 0.4) is 0 Å². The first-order chi connectivity index (χ1) is 11.3. The van der Waals surface area contributed by atoms with Crippen LogP contribution in [0.1, 0.15) is 57.8 Å². The van der Waals surface area contributed by atoms with Crippen LogP contribution in [0.4, 0.5) is 0 Å². The summed E-state index contributed by atoms with van der Waals surface area (Å²) in [4.78, 5) is 0. The molecule has 1 aromatic heterocycles. The molecule has 0 spiro atoms. The third kappa shape index (κ3) is 8.70. The maximum atomic E-state index is 5.44. The number of unbranched alkanes of at least 4 members (excludes halogenated alkanes) is 8. The van der Waals surface area contributed by atoms with Crippen molar-refractivity contribution < 1.29 is 13.3 Å². The minimum absolute atomic E-state index is 0.926. The Morgan fingerprint density at radius 2 is 1.09 bits per heavy atom. The van der Waals surface area contributed by atoms with Crippen molar-refractivity contribution in [3.8, 4) is 0 Å². The third-order valence-electron chi connectivity index (χ3n) is 4.50. The summed E-state index contributed by atoms with van der Waals surface area (Å²) >= 11 is 0. The highest BCUT2D eigenvalue weighted by Gasteiger charge is 2.36. The minimum atomic E-state index is -2.33. The summed E-state index contributed by atoms with van der Waals surface area (Å²) in [5.41, 5.74) is 0. The summed E-state index contributed by atoms with van der Waals surface area (Å²) in [6.45, 7) is 1.16. The van der Waals surface area contributed by atoms with Gasteiger partial charge in [0.25, 0.3) is 0 Å². The lowest BCUT2D eigenvalue weighted by atomic mass is 10.1. The van der Waals surface area contributed by atoms with Crippen LogP contribution in [-0.2, 0) is 19.8 Å². The summed E-state index contributed by atoms with van der Waals surface area (Å²) in [5, 5.41) is 0. The summed E-state index contributed by atoms with van der Waals surface area (Å²) < 4.78 is 18.6. The molecule has 0 N–H and O–H groups in total. The Balaban J connectivity index is 1.86. The molecular weight excluding hydrogens is 306 g/mol. The van der Waals surface area contributed by atoms with Gasteiger partial charge in [0.2, 0.25) is 0 Å². The molecule has 0 saturated heterocycles. The molecule has 0 bridgehead atoms. The number of nitrogens with zero attached hydrogens (tertiary/aromatic N) is 1. The number of aromatic nitrogens is 1. The van der Waals surface area contributed by atoms with E-state index in [2.05, 4.69) is 29.1 Å². The Kier molecular flexibility index (Phi) is 11.3. The van der Waals surface area contributed by atoms with Gasteiger partial charge in [-0.15, -0.1) is 0 Å². The van der Waals surface area contributed by atoms with Crippen LogP contribution in [0.5, 0.6) is 0 Å². The highest BCUT2D eigenvalue weighted by atomic mass is 28.4. The molecule has 0 saturated carbocycles. The summed E-state index contributed by atoms with van der Waals surface area (Å²) in [6, 6.07) is 5.12. The molecule has 4 nitrogen and oxygen atoms in total. The predicted molar refractivity (Wildman–Crippen MR) is 97.6 cm³/mol. The molecule has 0 aliphatic carbocycles. The molecule has 0 radical (unpaired) electrons. The molecule has 0 aliphatic heterocycles. The van der Waals surface area contributed by atoms with E-state index in [0.717, 1.165) is 19.0 Å². The Bertz CT molecular complexity index is 358. The van der Waals surface area contributed by atoms with Gasteiger partial charge < -0.3 is 17.8 Å². The topological polar surface area (TPSA) is 32.6 Å². The van der Waals surface area contributed by atoms with Crippen molar-refractivity contribution in [2.24, 2.45) is 0 Å². The second kappa shape index (κ2) is 12.8. The SMILES string of the molecule is CO[Si](CCCCCCCCCCCn1cccc1)(OC)OC. The number of aryl methyl sites for hydroxylation is 1. The quantitative estimate of drug-likeness (QED) is 0.337. The van der Waals surface area contributed by atoms with E-state index >= 15 is 0 Å².